The van der Waals surface area contributed by atoms with Crippen molar-refractivity contribution in [1.29, 1.82) is 0 Å². The second-order valence-electron chi connectivity index (χ2n) is 9.08. The number of hydrogen-bond acceptors (Lipinski definition) is 4. The number of halogens is 1. The van der Waals surface area contributed by atoms with Gasteiger partial charge in [0.1, 0.15) is 20.1 Å². The van der Waals surface area contributed by atoms with Crippen molar-refractivity contribution in [3.8, 4) is 28.6 Å². The number of aliphatic imine (C=N–C) groups is 1. The largest absolute Gasteiger partial charge is 0.442 e. The van der Waals surface area contributed by atoms with Crippen LogP contribution in [0, 0.1) is 11.5 Å². The monoisotopic (exact) mass is 470 g/mol. The Hall–Kier alpha value is -3.40. The Labute approximate surface area is 199 Å². The van der Waals surface area contributed by atoms with Crippen LogP contribution in [0.2, 0.25) is 24.7 Å². The van der Waals surface area contributed by atoms with Gasteiger partial charge < -0.3 is 4.42 Å². The van der Waals surface area contributed by atoms with Crippen molar-refractivity contribution in [3.63, 3.8) is 0 Å². The number of benzene rings is 2. The number of fused-ring (bicyclic) bond motifs is 3. The van der Waals surface area contributed by atoms with Crippen LogP contribution in [0.1, 0.15) is 35.3 Å². The molecule has 0 unspecified atom stereocenters. The lowest BCUT2D eigenvalue weighted by Gasteiger charge is -2.13. The van der Waals surface area contributed by atoms with Gasteiger partial charge >= 0.3 is 0 Å². The van der Waals surface area contributed by atoms with Crippen LogP contribution >= 0.6 is 11.6 Å². The van der Waals surface area contributed by atoms with Crippen molar-refractivity contribution in [3.05, 3.63) is 88.8 Å². The molecule has 33 heavy (non-hydrogen) atoms. The molecule has 2 aromatic carbocycles. The molecule has 0 saturated carbocycles. The Morgan fingerprint density at radius 1 is 1.09 bits per heavy atom. The highest BCUT2D eigenvalue weighted by atomic mass is 35.5. The summed E-state index contributed by atoms with van der Waals surface area (Å²) in [6, 6.07) is 13.9. The molecule has 1 aliphatic heterocycles. The van der Waals surface area contributed by atoms with Crippen LogP contribution in [0.15, 0.2) is 70.8 Å². The zero-order valence-corrected chi connectivity index (χ0v) is 20.7. The molecule has 1 atom stereocenters. The Bertz CT molecular complexity index is 1440. The summed E-state index contributed by atoms with van der Waals surface area (Å²) in [5.41, 5.74) is 9.77. The van der Waals surface area contributed by atoms with Crippen molar-refractivity contribution < 1.29 is 4.42 Å². The van der Waals surface area contributed by atoms with Crippen molar-refractivity contribution in [2.75, 3.05) is 0 Å². The van der Waals surface area contributed by atoms with Gasteiger partial charge in [-0.15, -0.1) is 5.54 Å². The SMILES string of the molecule is C[C@@H]1N=C(c2ccccc2Cl)c2cc(C#C[Si](C)(C)C)ccc2-n2cnc(-c3cnco3)c21. The van der Waals surface area contributed by atoms with E-state index in [0.717, 1.165) is 39.5 Å². The minimum atomic E-state index is -1.52. The first-order valence-electron chi connectivity index (χ1n) is 10.8. The third-order valence-corrected chi connectivity index (χ3v) is 6.62. The second kappa shape index (κ2) is 8.18. The minimum Gasteiger partial charge on any atom is -0.442 e. The fourth-order valence-corrected chi connectivity index (χ4v) is 4.68. The van der Waals surface area contributed by atoms with E-state index in [9.17, 15) is 0 Å². The summed E-state index contributed by atoms with van der Waals surface area (Å²) >= 11 is 6.64. The van der Waals surface area contributed by atoms with E-state index in [0.29, 0.717) is 10.8 Å². The normalized spacial score (nSPS) is 15.1. The molecular weight excluding hydrogens is 448 g/mol. The molecule has 5 rings (SSSR count). The van der Waals surface area contributed by atoms with Crippen molar-refractivity contribution in [1.82, 2.24) is 14.5 Å². The molecule has 0 radical (unpaired) electrons. The first-order valence-corrected chi connectivity index (χ1v) is 14.7. The predicted octanol–water partition coefficient (Wildman–Crippen LogP) is 6.32. The van der Waals surface area contributed by atoms with Gasteiger partial charge in [-0.1, -0.05) is 55.4 Å². The summed E-state index contributed by atoms with van der Waals surface area (Å²) in [7, 11) is -1.52. The molecule has 0 aliphatic carbocycles. The molecule has 0 amide bonds. The molecular formula is C26H23ClN4OSi. The highest BCUT2D eigenvalue weighted by Gasteiger charge is 2.28. The lowest BCUT2D eigenvalue weighted by molar-refractivity contribution is 0.568. The standard InChI is InChI=1S/C26H23ClN4OSi/c1-17-26-25(23-14-28-16-32-23)29-15-31(26)22-10-9-18(11-12-33(2,3)4)13-20(22)24(30-17)19-7-5-6-8-21(19)27/h5-10,13-17H,1-4H3/t17-/m0/s1. The lowest BCUT2D eigenvalue weighted by atomic mass is 9.98. The smallest absolute Gasteiger partial charge is 0.181 e. The quantitative estimate of drug-likeness (QED) is 0.254. The van der Waals surface area contributed by atoms with Crippen LogP contribution in [-0.2, 0) is 0 Å². The molecule has 0 spiro atoms. The van der Waals surface area contributed by atoms with E-state index < -0.39 is 8.07 Å². The van der Waals surface area contributed by atoms with Gasteiger partial charge in [-0.25, -0.2) is 9.97 Å². The number of rotatable bonds is 2. The molecule has 2 aromatic heterocycles. The van der Waals surface area contributed by atoms with Crippen molar-refractivity contribution in [2.45, 2.75) is 32.6 Å². The number of nitrogens with zero attached hydrogens (tertiary/aromatic N) is 4. The summed E-state index contributed by atoms with van der Waals surface area (Å²) in [5.74, 6) is 4.00. The zero-order chi connectivity index (χ0) is 23.2. The zero-order valence-electron chi connectivity index (χ0n) is 18.9. The fourth-order valence-electron chi connectivity index (χ4n) is 3.94. The van der Waals surface area contributed by atoms with Crippen LogP contribution in [0.25, 0.3) is 17.1 Å². The molecule has 7 heteroatoms. The number of imidazole rings is 1. The van der Waals surface area contributed by atoms with E-state index >= 15 is 0 Å². The van der Waals surface area contributed by atoms with E-state index in [1.54, 1.807) is 6.20 Å². The van der Waals surface area contributed by atoms with Gasteiger partial charge in [0.05, 0.1) is 29.3 Å². The summed E-state index contributed by atoms with van der Waals surface area (Å²) in [6.07, 6.45) is 4.91. The maximum absolute atomic E-state index is 6.64. The maximum Gasteiger partial charge on any atom is 0.181 e. The van der Waals surface area contributed by atoms with Gasteiger partial charge in [-0.05, 0) is 31.2 Å². The first-order chi connectivity index (χ1) is 15.8. The van der Waals surface area contributed by atoms with Gasteiger partial charge in [0, 0.05) is 21.7 Å². The summed E-state index contributed by atoms with van der Waals surface area (Å²) in [6.45, 7) is 8.78. The minimum absolute atomic E-state index is 0.192. The van der Waals surface area contributed by atoms with Gasteiger partial charge in [0.2, 0.25) is 0 Å². The van der Waals surface area contributed by atoms with Gasteiger partial charge in [0.15, 0.2) is 12.2 Å². The summed E-state index contributed by atoms with van der Waals surface area (Å²) in [5, 5.41) is 0.660. The van der Waals surface area contributed by atoms with Crippen LogP contribution in [-0.4, -0.2) is 28.3 Å². The Kier molecular flexibility index (Phi) is 5.32. The first kappa shape index (κ1) is 21.4. The molecule has 0 fully saturated rings. The third kappa shape index (κ3) is 4.06. The van der Waals surface area contributed by atoms with E-state index in [1.165, 1.54) is 6.39 Å². The Morgan fingerprint density at radius 2 is 1.91 bits per heavy atom. The van der Waals surface area contributed by atoms with Crippen LogP contribution in [0.3, 0.4) is 0 Å². The van der Waals surface area contributed by atoms with Gasteiger partial charge in [0.25, 0.3) is 0 Å². The highest BCUT2D eigenvalue weighted by Crippen LogP contribution is 2.37. The average Bonchev–Trinajstić information content (AvgIpc) is 3.44. The van der Waals surface area contributed by atoms with Crippen LogP contribution < -0.4 is 0 Å². The lowest BCUT2D eigenvalue weighted by Crippen LogP contribution is -2.16. The van der Waals surface area contributed by atoms with Gasteiger partial charge in [-0.2, -0.15) is 0 Å². The molecule has 0 N–H and O–H groups in total. The number of hydrogen-bond donors (Lipinski definition) is 0. The van der Waals surface area contributed by atoms with Crippen molar-refractivity contribution >= 4 is 25.4 Å². The topological polar surface area (TPSA) is 56.2 Å². The summed E-state index contributed by atoms with van der Waals surface area (Å²) in [4.78, 5) is 13.9. The molecule has 164 valence electrons. The molecule has 4 aromatic rings. The van der Waals surface area contributed by atoms with E-state index in [2.05, 4.69) is 70.8 Å². The third-order valence-electron chi connectivity index (χ3n) is 5.41. The average molecular weight is 471 g/mol. The number of oxazole rings is 1. The molecule has 0 bridgehead atoms. The van der Waals surface area contributed by atoms with Crippen LogP contribution in [0.4, 0.5) is 0 Å². The van der Waals surface area contributed by atoms with E-state index in [-0.39, 0.29) is 6.04 Å². The fraction of sp³-hybridized carbons (Fsp3) is 0.192. The number of aromatic nitrogens is 3. The highest BCUT2D eigenvalue weighted by molar-refractivity contribution is 6.83. The van der Waals surface area contributed by atoms with Crippen LogP contribution in [0.5, 0.6) is 0 Å². The summed E-state index contributed by atoms with van der Waals surface area (Å²) < 4.78 is 7.65. The Morgan fingerprint density at radius 3 is 2.64 bits per heavy atom. The predicted molar refractivity (Wildman–Crippen MR) is 135 cm³/mol. The van der Waals surface area contributed by atoms with E-state index in [4.69, 9.17) is 21.0 Å². The molecule has 3 heterocycles. The molecule has 5 nitrogen and oxygen atoms in total. The molecule has 1 aliphatic rings. The van der Waals surface area contributed by atoms with Crippen molar-refractivity contribution in [2.24, 2.45) is 4.99 Å². The van der Waals surface area contributed by atoms with E-state index in [1.807, 2.05) is 30.6 Å². The second-order valence-corrected chi connectivity index (χ2v) is 14.2. The maximum atomic E-state index is 6.64. The Balaban J connectivity index is 1.78. The van der Waals surface area contributed by atoms with Gasteiger partial charge in [-0.3, -0.25) is 9.56 Å². The molecule has 0 saturated heterocycles.